The Kier molecular flexibility index (Phi) is 40.5. The average Bonchev–Trinajstić information content (AvgIpc) is 1.65. The zero-order valence-electron chi connectivity index (χ0n) is 72.9. The summed E-state index contributed by atoms with van der Waals surface area (Å²) in [6.45, 7) is 17.8. The number of carbonyl (C=O) groups is 7. The Hall–Kier alpha value is -13.5. The summed E-state index contributed by atoms with van der Waals surface area (Å²) >= 11 is 14.1. The number of Topliss-reactive ketones (excluding diaryl/α,β-unsaturated/α-hetero) is 5. The lowest BCUT2D eigenvalue weighted by molar-refractivity contribution is -0.387. The zero-order valence-corrected chi connectivity index (χ0v) is 76.6. The molecule has 9 aromatic carbocycles. The number of hydrogen-bond donors (Lipinski definition) is 4. The molecule has 2 aliphatic carbocycles. The topological polar surface area (TPSA) is 405 Å². The Morgan fingerprint density at radius 2 is 0.748 bits per heavy atom. The highest BCUT2D eigenvalue weighted by Crippen LogP contribution is 2.42. The van der Waals surface area contributed by atoms with Gasteiger partial charge in [-0.25, -0.2) is 31.3 Å². The largest absolute Gasteiger partial charge is 0.481 e. The van der Waals surface area contributed by atoms with E-state index in [1.54, 1.807) is 83.2 Å². The summed E-state index contributed by atoms with van der Waals surface area (Å²) in [5.74, 6) is -8.88. The van der Waals surface area contributed by atoms with Crippen LogP contribution >= 0.6 is 45.8 Å². The molecule has 2 fully saturated rings. The molecule has 0 spiro atoms. The van der Waals surface area contributed by atoms with E-state index in [4.69, 9.17) is 65.8 Å². The second-order valence-corrected chi connectivity index (χ2v) is 32.8. The smallest absolute Gasteiger partial charge is 0.310 e. The first-order valence-corrected chi connectivity index (χ1v) is 42.5. The Labute approximate surface area is 775 Å². The SMILES string of the molecule is CC(=O)C(C)c1ccc(C#N)c(F)c1.CC(=O)C(C)c1ccc(I)c(F)c1.CC(=O)C(C)c1ccc(N)c(F)c1.CC(=O)C(C)c1ccc([N+](=O)[O-])c(F)c1.CC(C(=O)CCc1cc(C2CC2)nn1-c1cccc(Cl)c1)c1ccc(C#N)c(F)c1.CC(C(=O)O)c1ccc(C#N)c(F)c1.CC(C(=O)O)c1ccc([N+](=O)[O-])c(F)c1.NCc1cc(C2CC2)nn1-c1cccc(Cl)c1. The number of nitrogens with zero attached hydrogens (tertiary/aromatic N) is 9. The van der Waals surface area contributed by atoms with Crippen molar-refractivity contribution in [2.24, 2.45) is 5.73 Å². The van der Waals surface area contributed by atoms with Crippen LogP contribution in [0.1, 0.15) is 240 Å². The summed E-state index contributed by atoms with van der Waals surface area (Å²) in [6, 6.07) is 52.9. The van der Waals surface area contributed by atoms with Gasteiger partial charge in [-0.15, -0.1) is 0 Å². The van der Waals surface area contributed by atoms with Gasteiger partial charge in [-0.05, 0) is 257 Å². The van der Waals surface area contributed by atoms with Crippen LogP contribution in [0.5, 0.6) is 0 Å². The summed E-state index contributed by atoms with van der Waals surface area (Å²) in [6.07, 6.45) is 5.64. The van der Waals surface area contributed by atoms with E-state index in [0.717, 1.165) is 82.9 Å². The van der Waals surface area contributed by atoms with Crippen LogP contribution in [-0.2, 0) is 46.5 Å². The minimum atomic E-state index is -1.11. The second kappa shape index (κ2) is 49.9. The van der Waals surface area contributed by atoms with E-state index in [-0.39, 0.29) is 80.4 Å². The van der Waals surface area contributed by atoms with Crippen LogP contribution < -0.4 is 11.5 Å². The Morgan fingerprint density at radius 1 is 0.443 bits per heavy atom. The zero-order chi connectivity index (χ0) is 97.7. The summed E-state index contributed by atoms with van der Waals surface area (Å²) in [7, 11) is 0. The molecule has 2 heterocycles. The number of nitriles is 3. The molecule has 684 valence electrons. The van der Waals surface area contributed by atoms with Crippen molar-refractivity contribution in [1.29, 1.82) is 15.8 Å². The highest BCUT2D eigenvalue weighted by atomic mass is 127. The predicted octanol–water partition coefficient (Wildman–Crippen LogP) is 22.4. The first-order valence-electron chi connectivity index (χ1n) is 40.6. The molecule has 2 saturated carbocycles. The lowest BCUT2D eigenvalue weighted by Gasteiger charge is -2.12. The number of benzene rings is 9. The number of nitrogens with two attached hydrogens (primary N) is 2. The molecular weight excluding hydrogens is 1860 g/mol. The number of anilines is 1. The van der Waals surface area contributed by atoms with Crippen molar-refractivity contribution in [2.75, 3.05) is 5.73 Å². The average molecular weight is 1950 g/mol. The minimum absolute atomic E-state index is 0.00417. The van der Waals surface area contributed by atoms with Gasteiger partial charge in [0.05, 0.1) is 72.5 Å². The molecule has 11 aromatic rings. The third-order valence-corrected chi connectivity index (χ3v) is 22.7. The third kappa shape index (κ3) is 31.4. The molecule has 7 unspecified atom stereocenters. The summed E-state index contributed by atoms with van der Waals surface area (Å²) in [4.78, 5) is 97.0. The maximum Gasteiger partial charge on any atom is 0.310 e. The van der Waals surface area contributed by atoms with Crippen LogP contribution in [0.25, 0.3) is 11.4 Å². The van der Waals surface area contributed by atoms with E-state index >= 15 is 0 Å². The molecule has 13 rings (SSSR count). The molecule has 0 aliphatic heterocycles. The van der Waals surface area contributed by atoms with Crippen LogP contribution in [0.2, 0.25) is 10.0 Å². The molecule has 2 aromatic heterocycles. The van der Waals surface area contributed by atoms with Gasteiger partial charge in [-0.1, -0.05) is 112 Å². The van der Waals surface area contributed by atoms with Gasteiger partial charge < -0.3 is 21.7 Å². The van der Waals surface area contributed by atoms with Crippen molar-refractivity contribution in [3.05, 3.63) is 341 Å². The van der Waals surface area contributed by atoms with Crippen LogP contribution in [0.4, 0.5) is 47.8 Å². The third-order valence-electron chi connectivity index (χ3n) is 21.3. The van der Waals surface area contributed by atoms with Crippen molar-refractivity contribution in [2.45, 2.75) is 174 Å². The Bertz CT molecular complexity index is 5940. The fourth-order valence-corrected chi connectivity index (χ4v) is 12.8. The number of aromatic nitrogens is 4. The number of nitro benzene ring substituents is 2. The fourth-order valence-electron chi connectivity index (χ4n) is 12.1. The molecule has 131 heavy (non-hydrogen) atoms. The number of nitrogen functional groups attached to an aromatic ring is 1. The minimum Gasteiger partial charge on any atom is -0.481 e. The molecule has 0 bridgehead atoms. The number of nitro groups is 2. The maximum atomic E-state index is 13.9. The Balaban J connectivity index is 0.000000235. The van der Waals surface area contributed by atoms with Gasteiger partial charge in [0.25, 0.3) is 0 Å². The van der Waals surface area contributed by atoms with Crippen LogP contribution in [-0.4, -0.2) is 80.5 Å². The van der Waals surface area contributed by atoms with E-state index in [1.807, 2.05) is 80.5 Å². The maximum absolute atomic E-state index is 13.9. The van der Waals surface area contributed by atoms with Gasteiger partial charge in [0.1, 0.15) is 76.2 Å². The van der Waals surface area contributed by atoms with Gasteiger partial charge in [0.15, 0.2) is 0 Å². The number of carbonyl (C=O) groups excluding carboxylic acids is 5. The number of carboxylic acids is 2. The molecule has 0 radical (unpaired) electrons. The quantitative estimate of drug-likeness (QED) is 0.0143. The molecule has 0 saturated heterocycles. The molecule has 2 aliphatic rings. The van der Waals surface area contributed by atoms with E-state index in [0.29, 0.717) is 72.7 Å². The van der Waals surface area contributed by atoms with Gasteiger partial charge in [-0.3, -0.25) is 53.8 Å². The lowest BCUT2D eigenvalue weighted by atomic mass is 9.93. The first kappa shape index (κ1) is 106. The summed E-state index contributed by atoms with van der Waals surface area (Å²) < 4.78 is 96.8. The molecule has 24 nitrogen and oxygen atoms in total. The number of carboxylic acid groups (broad SMARTS) is 2. The van der Waals surface area contributed by atoms with Gasteiger partial charge in [0.2, 0.25) is 11.6 Å². The number of aliphatic carboxylic acids is 2. The van der Waals surface area contributed by atoms with Crippen molar-refractivity contribution < 1.29 is 84.4 Å². The highest BCUT2D eigenvalue weighted by Gasteiger charge is 2.30. The second-order valence-electron chi connectivity index (χ2n) is 30.7. The van der Waals surface area contributed by atoms with Crippen LogP contribution in [0.15, 0.2) is 188 Å². The van der Waals surface area contributed by atoms with Crippen molar-refractivity contribution >= 4 is 104 Å². The van der Waals surface area contributed by atoms with Gasteiger partial charge in [-0.2, -0.15) is 34.8 Å². The number of aryl methyl sites for hydroxylation is 1. The lowest BCUT2D eigenvalue weighted by Crippen LogP contribution is -2.12. The number of hydrogen-bond acceptors (Lipinski definition) is 18. The molecule has 7 atom stereocenters. The number of halogens is 10. The summed E-state index contributed by atoms with van der Waals surface area (Å²) in [5, 5.41) is 74.5. The van der Waals surface area contributed by atoms with Gasteiger partial charge >= 0.3 is 23.3 Å². The molecular formula is C97H93Cl2F7IN11O13. The summed E-state index contributed by atoms with van der Waals surface area (Å²) in [5.41, 5.74) is 19.5. The van der Waals surface area contributed by atoms with Crippen LogP contribution in [0.3, 0.4) is 0 Å². The fraction of sp³-hybridized carbons (Fsp3) is 0.278. The number of rotatable bonds is 24. The standard InChI is InChI=1S/C24H21ClFN3O.C13H14ClN3.C11H10FNO.C10H10FIO.C10H10FNO3.C10H8FNO2.C10H12FNO.C9H8FNO4/c1-15(17-7-8-18(14-27)22(26)11-17)24(30)10-9-21-13-23(16-5-6-16)28-29(21)20-4-2-3-19(25)12-20;14-10-2-1-3-11(6-10)17-12(8-15)7-13(16-17)9-4-5-9;1-7(8(2)14)9-3-4-10(6-13)11(12)5-9;1-6(7(2)13)8-3-4-10(12)9(11)5-8;1-6(7(2)13)8-3-4-10(12(14)15)9(11)5-8;1-6(10(13)14)7-2-3-8(5-12)9(11)4-7;1-6(7(2)13)8-3-4-10(12)9(11)5-8;1-5(9(12)13)6-2-3-8(11(14)15)7(10)4-6/h2-4,7-8,11-13,15-16H,5-6,9-10H2,1H3;1-3,6-7,9H,4-5,8,15H2;3-5,7H,1-2H3;3-6H,1-2H3;3-6H,1-2H3;2-4,6H,1H3,(H,13,14);3-6H,12H2,1-2H3;2-5H,1H3,(H,12,13). The normalized spacial score (nSPS) is 13.1. The van der Waals surface area contributed by atoms with E-state index in [1.165, 1.54) is 121 Å². The van der Waals surface area contributed by atoms with E-state index < -0.39 is 91.7 Å². The molecule has 34 heteroatoms. The Morgan fingerprint density at radius 3 is 1.05 bits per heavy atom. The van der Waals surface area contributed by atoms with Crippen molar-refractivity contribution in [1.82, 2.24) is 19.6 Å². The monoisotopic (exact) mass is 1950 g/mol. The molecule has 6 N–H and O–H groups in total. The van der Waals surface area contributed by atoms with Crippen molar-refractivity contribution in [3.8, 4) is 29.6 Å². The van der Waals surface area contributed by atoms with E-state index in [9.17, 15) is 84.5 Å². The van der Waals surface area contributed by atoms with Crippen molar-refractivity contribution in [3.63, 3.8) is 0 Å². The van der Waals surface area contributed by atoms with E-state index in [2.05, 4.69) is 17.2 Å². The van der Waals surface area contributed by atoms with Crippen LogP contribution in [0, 0.1) is 98.5 Å². The predicted molar refractivity (Wildman–Crippen MR) is 489 cm³/mol. The highest BCUT2D eigenvalue weighted by molar-refractivity contribution is 14.1. The van der Waals surface area contributed by atoms with Gasteiger partial charge in [0, 0.05) is 85.8 Å². The first-order chi connectivity index (χ1) is 61.7. The molecule has 0 amide bonds. The number of ketones is 5.